The Morgan fingerprint density at radius 2 is 1.90 bits per heavy atom. The predicted molar refractivity (Wildman–Crippen MR) is 67.7 cm³/mol. The van der Waals surface area contributed by atoms with Crippen LogP contribution in [0.25, 0.3) is 0 Å². The molecule has 7 nitrogen and oxygen atoms in total. The SMILES string of the molecule is NC(=O)CN(CC(=O)O)C(=O)c1ccc2c(c1)COC2. The van der Waals surface area contributed by atoms with E-state index >= 15 is 0 Å². The van der Waals surface area contributed by atoms with Crippen molar-refractivity contribution in [1.29, 1.82) is 0 Å². The monoisotopic (exact) mass is 278 g/mol. The summed E-state index contributed by atoms with van der Waals surface area (Å²) >= 11 is 0. The van der Waals surface area contributed by atoms with Crippen molar-refractivity contribution in [3.8, 4) is 0 Å². The number of nitrogens with zero attached hydrogens (tertiary/aromatic N) is 1. The molecule has 0 spiro atoms. The van der Waals surface area contributed by atoms with Crippen molar-refractivity contribution in [3.05, 3.63) is 34.9 Å². The summed E-state index contributed by atoms with van der Waals surface area (Å²) < 4.78 is 5.25. The fourth-order valence-corrected chi connectivity index (χ4v) is 2.04. The highest BCUT2D eigenvalue weighted by Crippen LogP contribution is 2.21. The van der Waals surface area contributed by atoms with Gasteiger partial charge in [-0.1, -0.05) is 6.07 Å². The minimum atomic E-state index is -1.20. The highest BCUT2D eigenvalue weighted by Gasteiger charge is 2.22. The van der Waals surface area contributed by atoms with Crippen molar-refractivity contribution in [2.24, 2.45) is 5.73 Å². The van der Waals surface area contributed by atoms with Crippen LogP contribution < -0.4 is 5.73 Å². The van der Waals surface area contributed by atoms with Crippen LogP contribution in [-0.4, -0.2) is 40.9 Å². The largest absolute Gasteiger partial charge is 0.480 e. The number of primary amides is 1. The van der Waals surface area contributed by atoms with Gasteiger partial charge in [-0.15, -0.1) is 0 Å². The zero-order chi connectivity index (χ0) is 14.7. The second kappa shape index (κ2) is 5.70. The molecular formula is C13H14N2O5. The Morgan fingerprint density at radius 3 is 2.55 bits per heavy atom. The second-order valence-electron chi connectivity index (χ2n) is 4.50. The summed E-state index contributed by atoms with van der Waals surface area (Å²) in [7, 11) is 0. The standard InChI is InChI=1S/C13H14N2O5/c14-11(16)4-15(5-12(17)18)13(19)8-1-2-9-6-20-7-10(9)3-8/h1-3H,4-7H2,(H2,14,16)(H,17,18). The number of nitrogens with two attached hydrogens (primary N) is 1. The van der Waals surface area contributed by atoms with Gasteiger partial charge in [0.2, 0.25) is 5.91 Å². The van der Waals surface area contributed by atoms with Gasteiger partial charge in [0.15, 0.2) is 0 Å². The van der Waals surface area contributed by atoms with Gasteiger partial charge < -0.3 is 20.5 Å². The number of carbonyl (C=O) groups excluding carboxylic acids is 2. The molecule has 1 heterocycles. The summed E-state index contributed by atoms with van der Waals surface area (Å²) in [6, 6.07) is 5.00. The van der Waals surface area contributed by atoms with Crippen LogP contribution in [0.15, 0.2) is 18.2 Å². The molecule has 0 aliphatic carbocycles. The molecule has 0 radical (unpaired) electrons. The third kappa shape index (κ3) is 3.12. The van der Waals surface area contributed by atoms with E-state index in [1.165, 1.54) is 0 Å². The van der Waals surface area contributed by atoms with Crippen LogP contribution in [0.5, 0.6) is 0 Å². The number of carboxylic acids is 1. The lowest BCUT2D eigenvalue weighted by Crippen LogP contribution is -2.41. The molecule has 0 fully saturated rings. The van der Waals surface area contributed by atoms with Gasteiger partial charge in [-0.05, 0) is 23.3 Å². The van der Waals surface area contributed by atoms with Gasteiger partial charge in [-0.25, -0.2) is 0 Å². The van der Waals surface area contributed by atoms with Gasteiger partial charge in [0.1, 0.15) is 13.1 Å². The van der Waals surface area contributed by atoms with E-state index in [0.717, 1.165) is 16.0 Å². The quantitative estimate of drug-likeness (QED) is 0.770. The van der Waals surface area contributed by atoms with E-state index in [1.54, 1.807) is 18.2 Å². The maximum absolute atomic E-state index is 12.2. The molecule has 0 atom stereocenters. The predicted octanol–water partition coefficient (Wildman–Crippen LogP) is -0.271. The summed E-state index contributed by atoms with van der Waals surface area (Å²) in [5.41, 5.74) is 7.24. The maximum atomic E-state index is 12.2. The number of ether oxygens (including phenoxy) is 1. The van der Waals surface area contributed by atoms with Gasteiger partial charge in [-0.2, -0.15) is 0 Å². The Hall–Kier alpha value is -2.41. The number of hydrogen-bond donors (Lipinski definition) is 2. The van der Waals surface area contributed by atoms with Gasteiger partial charge in [0, 0.05) is 5.56 Å². The number of hydrogen-bond acceptors (Lipinski definition) is 4. The van der Waals surface area contributed by atoms with Crippen LogP contribution in [0.2, 0.25) is 0 Å². The molecule has 3 N–H and O–H groups in total. The Kier molecular flexibility index (Phi) is 3.99. The van der Waals surface area contributed by atoms with E-state index in [4.69, 9.17) is 15.6 Å². The molecule has 2 amide bonds. The average molecular weight is 278 g/mol. The molecule has 0 unspecified atom stereocenters. The minimum Gasteiger partial charge on any atom is -0.480 e. The number of carboxylic acid groups (broad SMARTS) is 1. The molecule has 106 valence electrons. The van der Waals surface area contributed by atoms with Crippen molar-refractivity contribution < 1.29 is 24.2 Å². The van der Waals surface area contributed by atoms with Gasteiger partial charge in [0.05, 0.1) is 13.2 Å². The van der Waals surface area contributed by atoms with Crippen LogP contribution in [0.4, 0.5) is 0 Å². The summed E-state index contributed by atoms with van der Waals surface area (Å²) in [5, 5.41) is 8.78. The fraction of sp³-hybridized carbons (Fsp3) is 0.308. The van der Waals surface area contributed by atoms with Crippen molar-refractivity contribution in [2.75, 3.05) is 13.1 Å². The third-order valence-corrected chi connectivity index (χ3v) is 2.93. The molecule has 1 aliphatic heterocycles. The fourth-order valence-electron chi connectivity index (χ4n) is 2.04. The Morgan fingerprint density at radius 1 is 1.20 bits per heavy atom. The van der Waals surface area contributed by atoms with Crippen molar-refractivity contribution in [2.45, 2.75) is 13.2 Å². The third-order valence-electron chi connectivity index (χ3n) is 2.93. The molecule has 2 rings (SSSR count). The highest BCUT2D eigenvalue weighted by atomic mass is 16.5. The minimum absolute atomic E-state index is 0.316. The molecule has 0 saturated heterocycles. The lowest BCUT2D eigenvalue weighted by Gasteiger charge is -2.19. The van der Waals surface area contributed by atoms with E-state index in [2.05, 4.69) is 0 Å². The van der Waals surface area contributed by atoms with Crippen LogP contribution in [-0.2, 0) is 27.5 Å². The van der Waals surface area contributed by atoms with E-state index in [9.17, 15) is 14.4 Å². The lowest BCUT2D eigenvalue weighted by atomic mass is 10.1. The second-order valence-corrected chi connectivity index (χ2v) is 4.50. The molecule has 1 aromatic carbocycles. The molecule has 0 aromatic heterocycles. The van der Waals surface area contributed by atoms with Crippen LogP contribution in [0.1, 0.15) is 21.5 Å². The molecule has 20 heavy (non-hydrogen) atoms. The molecular weight excluding hydrogens is 264 g/mol. The van der Waals surface area contributed by atoms with Gasteiger partial charge in [-0.3, -0.25) is 14.4 Å². The van der Waals surface area contributed by atoms with Crippen molar-refractivity contribution in [1.82, 2.24) is 4.90 Å². The number of fused-ring (bicyclic) bond motifs is 1. The Balaban J connectivity index is 2.22. The maximum Gasteiger partial charge on any atom is 0.323 e. The first-order chi connectivity index (χ1) is 9.47. The van der Waals surface area contributed by atoms with Crippen molar-refractivity contribution in [3.63, 3.8) is 0 Å². The first-order valence-corrected chi connectivity index (χ1v) is 5.96. The first-order valence-electron chi connectivity index (χ1n) is 5.96. The summed E-state index contributed by atoms with van der Waals surface area (Å²) in [6.07, 6.45) is 0. The van der Waals surface area contributed by atoms with Crippen LogP contribution >= 0.6 is 0 Å². The number of benzene rings is 1. The summed E-state index contributed by atoms with van der Waals surface area (Å²) in [5.74, 6) is -2.51. The molecule has 1 aromatic rings. The van der Waals surface area contributed by atoms with E-state index in [0.29, 0.717) is 18.8 Å². The van der Waals surface area contributed by atoms with E-state index in [-0.39, 0.29) is 0 Å². The molecule has 1 aliphatic rings. The molecule has 0 bridgehead atoms. The Labute approximate surface area is 114 Å². The Bertz CT molecular complexity index is 554. The highest BCUT2D eigenvalue weighted by molar-refractivity contribution is 5.98. The van der Waals surface area contributed by atoms with Crippen molar-refractivity contribution >= 4 is 17.8 Å². The zero-order valence-electron chi connectivity index (χ0n) is 10.7. The van der Waals surface area contributed by atoms with E-state index in [1.807, 2.05) is 0 Å². The van der Waals surface area contributed by atoms with Gasteiger partial charge >= 0.3 is 5.97 Å². The van der Waals surface area contributed by atoms with Crippen LogP contribution in [0, 0.1) is 0 Å². The number of amides is 2. The smallest absolute Gasteiger partial charge is 0.323 e. The number of rotatable bonds is 5. The normalized spacial score (nSPS) is 12.8. The lowest BCUT2D eigenvalue weighted by molar-refractivity contribution is -0.138. The number of aliphatic carboxylic acids is 1. The van der Waals surface area contributed by atoms with E-state index < -0.39 is 30.9 Å². The average Bonchev–Trinajstić information content (AvgIpc) is 2.83. The van der Waals surface area contributed by atoms with Crippen LogP contribution in [0.3, 0.4) is 0 Å². The molecule has 7 heteroatoms. The number of carbonyl (C=O) groups is 3. The topological polar surface area (TPSA) is 110 Å². The first kappa shape index (κ1) is 14.0. The summed E-state index contributed by atoms with van der Waals surface area (Å²) in [6.45, 7) is -0.0801. The molecule has 0 saturated carbocycles. The summed E-state index contributed by atoms with van der Waals surface area (Å²) in [4.78, 5) is 34.8. The zero-order valence-corrected chi connectivity index (χ0v) is 10.7. The van der Waals surface area contributed by atoms with Gasteiger partial charge in [0.25, 0.3) is 5.91 Å².